The smallest absolute Gasteiger partial charge is 0.0890 e. The van der Waals surface area contributed by atoms with E-state index in [1.807, 2.05) is 35.8 Å². The molecule has 0 amide bonds. The number of anilines is 1. The lowest BCUT2D eigenvalue weighted by molar-refractivity contribution is 0.271. The predicted molar refractivity (Wildman–Crippen MR) is 110 cm³/mol. The Morgan fingerprint density at radius 1 is 1.04 bits per heavy atom. The number of halogens is 1. The van der Waals surface area contributed by atoms with Crippen LogP contribution in [0.1, 0.15) is 11.1 Å². The van der Waals surface area contributed by atoms with Gasteiger partial charge in [-0.15, -0.1) is 11.3 Å². The van der Waals surface area contributed by atoms with E-state index in [0.29, 0.717) is 0 Å². The highest BCUT2D eigenvalue weighted by Gasteiger charge is 2.10. The highest BCUT2D eigenvalue weighted by atomic mass is 35.5. The summed E-state index contributed by atoms with van der Waals surface area (Å²) in [6, 6.07) is 20.6. The first kappa shape index (κ1) is 17.0. The number of thiazole rings is 1. The van der Waals surface area contributed by atoms with Crippen molar-refractivity contribution in [3.63, 3.8) is 0 Å². The molecule has 0 spiro atoms. The third-order valence-electron chi connectivity index (χ3n) is 4.21. The van der Waals surface area contributed by atoms with Crippen LogP contribution < -0.4 is 5.48 Å². The maximum atomic E-state index is 6.20. The van der Waals surface area contributed by atoms with Crippen molar-refractivity contribution in [2.75, 3.05) is 12.6 Å². The van der Waals surface area contributed by atoms with Crippen LogP contribution in [0.3, 0.4) is 0 Å². The van der Waals surface area contributed by atoms with E-state index in [9.17, 15) is 0 Å². The number of nitrogens with zero attached hydrogens (tertiary/aromatic N) is 1. The molecule has 0 aliphatic rings. The molecular formula is C21H17ClN2OS. The van der Waals surface area contributed by atoms with Crippen LogP contribution in [0.5, 0.6) is 0 Å². The molecule has 130 valence electrons. The van der Waals surface area contributed by atoms with Crippen LogP contribution in [0, 0.1) is 0 Å². The Morgan fingerprint density at radius 2 is 1.88 bits per heavy atom. The number of hydrogen-bond donors (Lipinski definition) is 1. The van der Waals surface area contributed by atoms with Gasteiger partial charge >= 0.3 is 0 Å². The Labute approximate surface area is 161 Å². The van der Waals surface area contributed by atoms with E-state index in [4.69, 9.17) is 16.4 Å². The van der Waals surface area contributed by atoms with E-state index in [1.165, 1.54) is 15.8 Å². The van der Waals surface area contributed by atoms with E-state index in [1.54, 1.807) is 18.4 Å². The Balaban J connectivity index is 1.72. The van der Waals surface area contributed by atoms with E-state index < -0.39 is 0 Å². The minimum absolute atomic E-state index is 0.734. The van der Waals surface area contributed by atoms with Crippen LogP contribution in [0.25, 0.3) is 21.3 Å². The summed E-state index contributed by atoms with van der Waals surface area (Å²) in [6.07, 6.45) is 0.856. The average Bonchev–Trinajstić information content (AvgIpc) is 3.11. The van der Waals surface area contributed by atoms with E-state index in [-0.39, 0.29) is 0 Å². The van der Waals surface area contributed by atoms with E-state index in [0.717, 1.165) is 33.8 Å². The van der Waals surface area contributed by atoms with Gasteiger partial charge in [0.1, 0.15) is 0 Å². The van der Waals surface area contributed by atoms with Crippen molar-refractivity contribution in [1.82, 2.24) is 4.98 Å². The first-order valence-electron chi connectivity index (χ1n) is 8.23. The molecule has 5 heteroatoms. The summed E-state index contributed by atoms with van der Waals surface area (Å²) in [6.45, 7) is 0. The fourth-order valence-corrected chi connectivity index (χ4v) is 4.00. The third kappa shape index (κ3) is 3.58. The Morgan fingerprint density at radius 3 is 2.65 bits per heavy atom. The second-order valence-electron chi connectivity index (χ2n) is 6.03. The summed E-state index contributed by atoms with van der Waals surface area (Å²) in [5.74, 6) is 0. The SMILES string of the molecule is CONc1ccc(Cc2cc(-c3cccc(Cl)c3)c3ncsc3c2)cc1. The summed E-state index contributed by atoms with van der Waals surface area (Å²) in [4.78, 5) is 9.49. The maximum Gasteiger partial charge on any atom is 0.0890 e. The molecule has 3 aromatic carbocycles. The number of rotatable bonds is 5. The molecule has 0 fully saturated rings. The Kier molecular flexibility index (Phi) is 4.89. The first-order chi connectivity index (χ1) is 12.7. The molecule has 0 saturated heterocycles. The molecule has 0 aliphatic heterocycles. The zero-order valence-electron chi connectivity index (χ0n) is 14.2. The second kappa shape index (κ2) is 7.46. The van der Waals surface area contributed by atoms with Gasteiger partial charge in [-0.1, -0.05) is 35.9 Å². The van der Waals surface area contributed by atoms with E-state index in [2.05, 4.69) is 40.8 Å². The van der Waals surface area contributed by atoms with Gasteiger partial charge in [0.15, 0.2) is 0 Å². The van der Waals surface area contributed by atoms with Gasteiger partial charge in [0.2, 0.25) is 0 Å². The third-order valence-corrected chi connectivity index (χ3v) is 5.22. The molecular weight excluding hydrogens is 364 g/mol. The molecule has 0 aliphatic carbocycles. The molecule has 4 rings (SSSR count). The summed E-state index contributed by atoms with van der Waals surface area (Å²) in [7, 11) is 1.61. The van der Waals surface area contributed by atoms with Crippen molar-refractivity contribution >= 4 is 38.8 Å². The molecule has 1 aromatic heterocycles. The van der Waals surface area contributed by atoms with Crippen molar-refractivity contribution in [3.05, 3.63) is 82.3 Å². The van der Waals surface area contributed by atoms with Crippen LogP contribution in [0.2, 0.25) is 5.02 Å². The fourth-order valence-electron chi connectivity index (χ4n) is 3.05. The second-order valence-corrected chi connectivity index (χ2v) is 7.36. The maximum absolute atomic E-state index is 6.20. The van der Waals surface area contributed by atoms with Crippen LogP contribution in [0.15, 0.2) is 66.2 Å². The van der Waals surface area contributed by atoms with Crippen LogP contribution in [0.4, 0.5) is 5.69 Å². The molecule has 0 atom stereocenters. The van der Waals surface area contributed by atoms with Gasteiger partial charge in [0.25, 0.3) is 0 Å². The van der Waals surface area contributed by atoms with Crippen LogP contribution in [-0.2, 0) is 11.3 Å². The predicted octanol–water partition coefficient (Wildman–Crippen LogP) is 6.18. The van der Waals surface area contributed by atoms with E-state index >= 15 is 0 Å². The van der Waals surface area contributed by atoms with Gasteiger partial charge in [0, 0.05) is 10.6 Å². The van der Waals surface area contributed by atoms with Gasteiger partial charge < -0.3 is 0 Å². The van der Waals surface area contributed by atoms with Crippen molar-refractivity contribution in [3.8, 4) is 11.1 Å². The number of fused-ring (bicyclic) bond motifs is 1. The van der Waals surface area contributed by atoms with Gasteiger partial charge in [-0.2, -0.15) is 0 Å². The largest absolute Gasteiger partial charge is 0.279 e. The molecule has 0 radical (unpaired) electrons. The average molecular weight is 381 g/mol. The Bertz CT molecular complexity index is 1040. The van der Waals surface area contributed by atoms with Crippen molar-refractivity contribution < 1.29 is 4.84 Å². The van der Waals surface area contributed by atoms with Crippen molar-refractivity contribution in [2.24, 2.45) is 0 Å². The normalized spacial score (nSPS) is 11.0. The van der Waals surface area contributed by atoms with Gasteiger partial charge in [-0.25, -0.2) is 4.98 Å². The lowest BCUT2D eigenvalue weighted by atomic mass is 9.98. The minimum atomic E-state index is 0.734. The molecule has 1 N–H and O–H groups in total. The molecule has 26 heavy (non-hydrogen) atoms. The van der Waals surface area contributed by atoms with Gasteiger partial charge in [-0.05, 0) is 59.5 Å². The topological polar surface area (TPSA) is 34.1 Å². The van der Waals surface area contributed by atoms with Crippen molar-refractivity contribution in [1.29, 1.82) is 0 Å². The number of benzene rings is 3. The lowest BCUT2D eigenvalue weighted by Gasteiger charge is -2.09. The molecule has 0 unspecified atom stereocenters. The minimum Gasteiger partial charge on any atom is -0.279 e. The number of aromatic nitrogens is 1. The van der Waals surface area contributed by atoms with Gasteiger partial charge in [-0.3, -0.25) is 10.3 Å². The molecule has 4 aromatic rings. The van der Waals surface area contributed by atoms with Gasteiger partial charge in [0.05, 0.1) is 28.5 Å². The standard InChI is InChI=1S/C21H17ClN2OS/c1-25-24-18-7-5-14(6-8-18)9-15-10-19(16-3-2-4-17(22)12-16)21-20(11-15)26-13-23-21/h2-8,10-13,24H,9H2,1H3. The Hall–Kier alpha value is -2.40. The molecule has 1 heterocycles. The van der Waals surface area contributed by atoms with Crippen LogP contribution >= 0.6 is 22.9 Å². The number of nitrogens with one attached hydrogen (secondary N) is 1. The highest BCUT2D eigenvalue weighted by Crippen LogP contribution is 2.33. The first-order valence-corrected chi connectivity index (χ1v) is 9.49. The zero-order chi connectivity index (χ0) is 17.9. The van der Waals surface area contributed by atoms with Crippen molar-refractivity contribution in [2.45, 2.75) is 6.42 Å². The fraction of sp³-hybridized carbons (Fsp3) is 0.0952. The van der Waals surface area contributed by atoms with Crippen LogP contribution in [-0.4, -0.2) is 12.1 Å². The molecule has 3 nitrogen and oxygen atoms in total. The molecule has 0 saturated carbocycles. The quantitative estimate of drug-likeness (QED) is 0.420. The number of hydrogen-bond acceptors (Lipinski definition) is 4. The lowest BCUT2D eigenvalue weighted by Crippen LogP contribution is -1.96. The molecule has 0 bridgehead atoms. The monoisotopic (exact) mass is 380 g/mol. The summed E-state index contributed by atoms with van der Waals surface area (Å²) >= 11 is 7.86. The zero-order valence-corrected chi connectivity index (χ0v) is 15.8. The summed E-state index contributed by atoms with van der Waals surface area (Å²) < 4.78 is 1.19. The summed E-state index contributed by atoms with van der Waals surface area (Å²) in [5, 5.41) is 0.734. The summed E-state index contributed by atoms with van der Waals surface area (Å²) in [5.41, 5.74) is 11.4. The highest BCUT2D eigenvalue weighted by molar-refractivity contribution is 7.16.